The van der Waals surface area contributed by atoms with Gasteiger partial charge in [0.05, 0.1) is 6.42 Å². The van der Waals surface area contributed by atoms with Crippen molar-refractivity contribution in [2.75, 3.05) is 0 Å². The van der Waals surface area contributed by atoms with Crippen LogP contribution in [0.2, 0.25) is 0 Å². The first-order chi connectivity index (χ1) is 13.2. The largest absolute Gasteiger partial charge is 0.369 e. The molecule has 0 saturated carbocycles. The third-order valence-corrected chi connectivity index (χ3v) is 4.72. The molecule has 1 amide bonds. The van der Waals surface area contributed by atoms with E-state index in [4.69, 9.17) is 5.73 Å². The Morgan fingerprint density at radius 3 is 2.00 bits per heavy atom. The number of nitrogens with one attached hydrogen (secondary N) is 1. The predicted molar refractivity (Wildman–Crippen MR) is 110 cm³/mol. The van der Waals surface area contributed by atoms with Gasteiger partial charge in [0.2, 0.25) is 5.91 Å². The smallest absolute Gasteiger partial charge is 0.221 e. The molecule has 3 nitrogen and oxygen atoms in total. The van der Waals surface area contributed by atoms with E-state index >= 15 is 0 Å². The minimum Gasteiger partial charge on any atom is -0.369 e. The molecule has 27 heavy (non-hydrogen) atoms. The lowest BCUT2D eigenvalue weighted by atomic mass is 9.98. The van der Waals surface area contributed by atoms with Crippen LogP contribution in [-0.4, -0.2) is 5.91 Å². The molecule has 3 rings (SSSR count). The highest BCUT2D eigenvalue weighted by Crippen LogP contribution is 2.20. The highest BCUT2D eigenvalue weighted by atomic mass is 16.1. The van der Waals surface area contributed by atoms with E-state index in [0.717, 1.165) is 24.9 Å². The summed E-state index contributed by atoms with van der Waals surface area (Å²) in [5.74, 6) is -0.300. The summed E-state index contributed by atoms with van der Waals surface area (Å²) in [7, 11) is 0. The van der Waals surface area contributed by atoms with Crippen LogP contribution in [0, 0.1) is 0 Å². The topological polar surface area (TPSA) is 55.1 Å². The maximum atomic E-state index is 11.0. The standard InChI is InChI=1S/C24H26N2O/c25-24(27)17-20-11-13-21(14-12-20)18-26-23(22-9-5-2-6-10-22)16-15-19-7-3-1-4-8-19/h1-14,23,26H,15-18H2,(H2,25,27). The maximum Gasteiger partial charge on any atom is 0.221 e. The summed E-state index contributed by atoms with van der Waals surface area (Å²) < 4.78 is 0. The van der Waals surface area contributed by atoms with Gasteiger partial charge in [-0.3, -0.25) is 4.79 Å². The van der Waals surface area contributed by atoms with Gasteiger partial charge in [-0.05, 0) is 35.1 Å². The van der Waals surface area contributed by atoms with Crippen molar-refractivity contribution in [1.82, 2.24) is 5.32 Å². The van der Waals surface area contributed by atoms with Gasteiger partial charge in [-0.2, -0.15) is 0 Å². The van der Waals surface area contributed by atoms with Crippen molar-refractivity contribution in [1.29, 1.82) is 0 Å². The van der Waals surface area contributed by atoms with Gasteiger partial charge in [0.15, 0.2) is 0 Å². The average molecular weight is 358 g/mol. The summed E-state index contributed by atoms with van der Waals surface area (Å²) in [6.07, 6.45) is 2.36. The Morgan fingerprint density at radius 2 is 1.37 bits per heavy atom. The monoisotopic (exact) mass is 358 g/mol. The van der Waals surface area contributed by atoms with Crippen LogP contribution in [0.25, 0.3) is 0 Å². The molecule has 0 aliphatic rings. The molecule has 3 heteroatoms. The average Bonchev–Trinajstić information content (AvgIpc) is 2.70. The number of amides is 1. The molecule has 0 spiro atoms. The molecule has 0 fully saturated rings. The maximum absolute atomic E-state index is 11.0. The van der Waals surface area contributed by atoms with E-state index in [1.165, 1.54) is 16.7 Å². The van der Waals surface area contributed by atoms with Gasteiger partial charge in [0.1, 0.15) is 0 Å². The number of hydrogen-bond acceptors (Lipinski definition) is 2. The van der Waals surface area contributed by atoms with Crippen LogP contribution in [0.1, 0.15) is 34.7 Å². The Kier molecular flexibility index (Phi) is 6.78. The van der Waals surface area contributed by atoms with Gasteiger partial charge >= 0.3 is 0 Å². The normalized spacial score (nSPS) is 11.9. The van der Waals surface area contributed by atoms with Crippen LogP contribution in [0.5, 0.6) is 0 Å². The molecule has 1 atom stereocenters. The number of nitrogens with two attached hydrogens (primary N) is 1. The Labute approximate surface area is 161 Å². The van der Waals surface area contributed by atoms with Crippen molar-refractivity contribution in [3.63, 3.8) is 0 Å². The molecule has 0 heterocycles. The summed E-state index contributed by atoms with van der Waals surface area (Å²) >= 11 is 0. The molecular formula is C24H26N2O. The number of benzene rings is 3. The highest BCUT2D eigenvalue weighted by Gasteiger charge is 2.11. The van der Waals surface area contributed by atoms with Crippen molar-refractivity contribution in [3.05, 3.63) is 107 Å². The molecule has 3 N–H and O–H groups in total. The summed E-state index contributed by atoms with van der Waals surface area (Å²) in [6, 6.07) is 29.5. The molecule has 0 aliphatic carbocycles. The second-order valence-corrected chi connectivity index (χ2v) is 6.83. The number of carbonyl (C=O) groups is 1. The van der Waals surface area contributed by atoms with E-state index in [0.29, 0.717) is 0 Å². The second kappa shape index (κ2) is 9.70. The summed E-state index contributed by atoms with van der Waals surface area (Å²) in [6.45, 7) is 0.783. The van der Waals surface area contributed by atoms with Gasteiger partial charge in [-0.25, -0.2) is 0 Å². The zero-order chi connectivity index (χ0) is 18.9. The number of primary amides is 1. The first-order valence-corrected chi connectivity index (χ1v) is 9.39. The summed E-state index contributed by atoms with van der Waals surface area (Å²) in [5, 5.41) is 3.69. The molecule has 0 saturated heterocycles. The minimum atomic E-state index is -0.300. The van der Waals surface area contributed by atoms with Crippen LogP contribution < -0.4 is 11.1 Å². The molecule has 0 aliphatic heterocycles. The van der Waals surface area contributed by atoms with Crippen molar-refractivity contribution in [3.8, 4) is 0 Å². The fourth-order valence-electron chi connectivity index (χ4n) is 3.24. The van der Waals surface area contributed by atoms with Crippen molar-refractivity contribution < 1.29 is 4.79 Å². The quantitative estimate of drug-likeness (QED) is 0.603. The van der Waals surface area contributed by atoms with E-state index in [9.17, 15) is 4.79 Å². The lowest BCUT2D eigenvalue weighted by molar-refractivity contribution is -0.117. The first-order valence-electron chi connectivity index (χ1n) is 9.39. The van der Waals surface area contributed by atoms with Gasteiger partial charge in [-0.1, -0.05) is 84.9 Å². The highest BCUT2D eigenvalue weighted by molar-refractivity contribution is 5.76. The lowest BCUT2D eigenvalue weighted by Crippen LogP contribution is -2.21. The Morgan fingerprint density at radius 1 is 0.778 bits per heavy atom. The Balaban J connectivity index is 1.63. The van der Waals surface area contributed by atoms with Crippen LogP contribution in [-0.2, 0) is 24.2 Å². The fourth-order valence-corrected chi connectivity index (χ4v) is 3.24. The van der Waals surface area contributed by atoms with Crippen molar-refractivity contribution >= 4 is 5.91 Å². The van der Waals surface area contributed by atoms with E-state index in [2.05, 4.69) is 78.1 Å². The van der Waals surface area contributed by atoms with Gasteiger partial charge < -0.3 is 11.1 Å². The number of hydrogen-bond donors (Lipinski definition) is 2. The third kappa shape index (κ3) is 6.08. The minimum absolute atomic E-state index is 0.289. The van der Waals surface area contributed by atoms with Gasteiger partial charge in [-0.15, -0.1) is 0 Å². The van der Waals surface area contributed by atoms with Crippen LogP contribution >= 0.6 is 0 Å². The fraction of sp³-hybridized carbons (Fsp3) is 0.208. The molecule has 0 aromatic heterocycles. The van der Waals surface area contributed by atoms with Crippen molar-refractivity contribution in [2.45, 2.75) is 31.8 Å². The molecule has 3 aromatic rings. The number of carbonyl (C=O) groups excluding carboxylic acids is 1. The molecular weight excluding hydrogens is 332 g/mol. The Bertz CT molecular complexity index is 829. The lowest BCUT2D eigenvalue weighted by Gasteiger charge is -2.20. The SMILES string of the molecule is NC(=O)Cc1ccc(CNC(CCc2ccccc2)c2ccccc2)cc1. The molecule has 1 unspecified atom stereocenters. The number of rotatable bonds is 9. The van der Waals surface area contributed by atoms with E-state index in [1.807, 2.05) is 12.1 Å². The molecule has 3 aromatic carbocycles. The van der Waals surface area contributed by atoms with E-state index in [-0.39, 0.29) is 18.4 Å². The number of aryl methyl sites for hydroxylation is 1. The predicted octanol–water partition coefficient (Wildman–Crippen LogP) is 4.18. The van der Waals surface area contributed by atoms with E-state index in [1.54, 1.807) is 0 Å². The zero-order valence-electron chi connectivity index (χ0n) is 15.5. The summed E-state index contributed by atoms with van der Waals surface area (Å²) in [4.78, 5) is 11.0. The molecule has 0 bridgehead atoms. The Hall–Kier alpha value is -2.91. The van der Waals surface area contributed by atoms with Crippen LogP contribution in [0.15, 0.2) is 84.9 Å². The zero-order valence-corrected chi connectivity index (χ0v) is 15.5. The van der Waals surface area contributed by atoms with Crippen LogP contribution in [0.4, 0.5) is 0 Å². The van der Waals surface area contributed by atoms with Gasteiger partial charge in [0.25, 0.3) is 0 Å². The first kappa shape index (κ1) is 18.9. The third-order valence-electron chi connectivity index (χ3n) is 4.72. The molecule has 0 radical (unpaired) electrons. The van der Waals surface area contributed by atoms with Crippen LogP contribution in [0.3, 0.4) is 0 Å². The summed E-state index contributed by atoms with van der Waals surface area (Å²) in [5.41, 5.74) is 10.1. The van der Waals surface area contributed by atoms with E-state index < -0.39 is 0 Å². The molecule has 138 valence electrons. The van der Waals surface area contributed by atoms with Gasteiger partial charge in [0, 0.05) is 12.6 Å². The second-order valence-electron chi connectivity index (χ2n) is 6.83. The van der Waals surface area contributed by atoms with Crippen molar-refractivity contribution in [2.24, 2.45) is 5.73 Å².